The number of hydrogen-bond acceptors (Lipinski definition) is 5. The molecule has 126 valence electrons. The Morgan fingerprint density at radius 2 is 1.96 bits per heavy atom. The van der Waals surface area contributed by atoms with Crippen LogP contribution in [0.2, 0.25) is 0 Å². The average Bonchev–Trinajstić information content (AvgIpc) is 3.30. The maximum atomic E-state index is 12.6. The van der Waals surface area contributed by atoms with E-state index in [-0.39, 0.29) is 5.91 Å². The van der Waals surface area contributed by atoms with Gasteiger partial charge in [0.2, 0.25) is 0 Å². The Kier molecular flexibility index (Phi) is 4.14. The number of piperazine rings is 1. The highest BCUT2D eigenvalue weighted by molar-refractivity contribution is 7.13. The van der Waals surface area contributed by atoms with Gasteiger partial charge in [0.25, 0.3) is 5.91 Å². The smallest absolute Gasteiger partial charge is 0.273 e. The summed E-state index contributed by atoms with van der Waals surface area (Å²) in [5, 5.41) is 6.11. The van der Waals surface area contributed by atoms with Crippen LogP contribution >= 0.6 is 11.3 Å². The number of nitrogens with zero attached hydrogens (tertiary/aromatic N) is 3. The number of para-hydroxylation sites is 1. The Labute approximate surface area is 146 Å². The van der Waals surface area contributed by atoms with E-state index in [0.717, 1.165) is 31.3 Å². The van der Waals surface area contributed by atoms with E-state index >= 15 is 0 Å². The van der Waals surface area contributed by atoms with Crippen molar-refractivity contribution in [1.82, 2.24) is 9.88 Å². The number of nitrogens with one attached hydrogen (secondary N) is 1. The first-order chi connectivity index (χ1) is 11.7. The predicted molar refractivity (Wildman–Crippen MR) is 98.1 cm³/mol. The zero-order valence-corrected chi connectivity index (χ0v) is 14.7. The molecular formula is C18H22N4OS. The van der Waals surface area contributed by atoms with E-state index < -0.39 is 0 Å². The van der Waals surface area contributed by atoms with E-state index in [1.54, 1.807) is 0 Å². The van der Waals surface area contributed by atoms with Crippen LogP contribution in [0.25, 0.3) is 0 Å². The standard InChI is InChI=1S/C18H22N4OS/c1-13-4-2-3-5-16(13)21-8-10-22(11-9-21)17(23)15-12-24-18(20-15)19-14-6-7-14/h2-5,12,14H,6-11H2,1H3,(H,19,20). The normalized spacial score (nSPS) is 17.9. The largest absolute Gasteiger partial charge is 0.368 e. The molecule has 1 aliphatic carbocycles. The van der Waals surface area contributed by atoms with Gasteiger partial charge in [0, 0.05) is 43.3 Å². The lowest BCUT2D eigenvalue weighted by Crippen LogP contribution is -2.49. The van der Waals surface area contributed by atoms with Crippen molar-refractivity contribution < 1.29 is 4.79 Å². The fourth-order valence-electron chi connectivity index (χ4n) is 3.07. The van der Waals surface area contributed by atoms with Gasteiger partial charge in [-0.05, 0) is 31.4 Å². The first kappa shape index (κ1) is 15.4. The predicted octanol–water partition coefficient (Wildman–Crippen LogP) is 2.99. The summed E-state index contributed by atoms with van der Waals surface area (Å²) in [6.07, 6.45) is 2.42. The summed E-state index contributed by atoms with van der Waals surface area (Å²) in [5.41, 5.74) is 3.13. The van der Waals surface area contributed by atoms with Crippen LogP contribution in [0.1, 0.15) is 28.9 Å². The van der Waals surface area contributed by atoms with Crippen LogP contribution in [-0.4, -0.2) is 48.0 Å². The minimum absolute atomic E-state index is 0.0551. The second-order valence-electron chi connectivity index (χ2n) is 6.52. The second kappa shape index (κ2) is 6.43. The third-order valence-corrected chi connectivity index (χ3v) is 5.42. The monoisotopic (exact) mass is 342 g/mol. The van der Waals surface area contributed by atoms with Gasteiger partial charge in [0.15, 0.2) is 5.13 Å². The van der Waals surface area contributed by atoms with Crippen LogP contribution in [0.5, 0.6) is 0 Å². The molecule has 2 fully saturated rings. The van der Waals surface area contributed by atoms with Crippen LogP contribution < -0.4 is 10.2 Å². The number of carbonyl (C=O) groups excluding carboxylic acids is 1. The molecule has 2 heterocycles. The molecule has 1 aromatic heterocycles. The van der Waals surface area contributed by atoms with Crippen molar-refractivity contribution in [2.24, 2.45) is 0 Å². The third kappa shape index (κ3) is 3.24. The number of aryl methyl sites for hydroxylation is 1. The molecule has 5 nitrogen and oxygen atoms in total. The molecule has 1 amide bonds. The molecule has 1 saturated carbocycles. The van der Waals surface area contributed by atoms with E-state index in [9.17, 15) is 4.79 Å². The molecule has 1 saturated heterocycles. The van der Waals surface area contributed by atoms with Crippen LogP contribution in [0.15, 0.2) is 29.6 Å². The van der Waals surface area contributed by atoms with Gasteiger partial charge >= 0.3 is 0 Å². The molecule has 1 aliphatic heterocycles. The maximum Gasteiger partial charge on any atom is 0.273 e. The highest BCUT2D eigenvalue weighted by Crippen LogP contribution is 2.27. The van der Waals surface area contributed by atoms with Crippen LogP contribution in [0, 0.1) is 6.92 Å². The summed E-state index contributed by atoms with van der Waals surface area (Å²) < 4.78 is 0. The Hall–Kier alpha value is -2.08. The lowest BCUT2D eigenvalue weighted by atomic mass is 10.1. The number of anilines is 2. The lowest BCUT2D eigenvalue weighted by Gasteiger charge is -2.36. The van der Waals surface area contributed by atoms with E-state index in [1.807, 2.05) is 10.3 Å². The number of thiazole rings is 1. The zero-order valence-electron chi connectivity index (χ0n) is 13.9. The Morgan fingerprint density at radius 1 is 1.21 bits per heavy atom. The van der Waals surface area contributed by atoms with E-state index in [1.165, 1.54) is 35.4 Å². The average molecular weight is 342 g/mol. The molecule has 0 radical (unpaired) electrons. The summed E-state index contributed by atoms with van der Waals surface area (Å²) in [6, 6.07) is 8.99. The number of hydrogen-bond donors (Lipinski definition) is 1. The van der Waals surface area contributed by atoms with Crippen molar-refractivity contribution in [1.29, 1.82) is 0 Å². The molecule has 0 unspecified atom stereocenters. The number of carbonyl (C=O) groups is 1. The highest BCUT2D eigenvalue weighted by Gasteiger charge is 2.26. The molecule has 0 atom stereocenters. The molecule has 0 spiro atoms. The van der Waals surface area contributed by atoms with E-state index in [4.69, 9.17) is 0 Å². The summed E-state index contributed by atoms with van der Waals surface area (Å²) in [6.45, 7) is 5.37. The van der Waals surface area contributed by atoms with Gasteiger partial charge in [0.1, 0.15) is 5.69 Å². The minimum atomic E-state index is 0.0551. The second-order valence-corrected chi connectivity index (χ2v) is 7.38. The van der Waals surface area contributed by atoms with Gasteiger partial charge in [-0.15, -0.1) is 11.3 Å². The van der Waals surface area contributed by atoms with Crippen LogP contribution in [0.3, 0.4) is 0 Å². The SMILES string of the molecule is Cc1ccccc1N1CCN(C(=O)c2csc(NC3CC3)n2)CC1. The van der Waals surface area contributed by atoms with Gasteiger partial charge in [-0.2, -0.15) is 0 Å². The first-order valence-electron chi connectivity index (χ1n) is 8.52. The first-order valence-corrected chi connectivity index (χ1v) is 9.40. The summed E-state index contributed by atoms with van der Waals surface area (Å²) in [7, 11) is 0. The summed E-state index contributed by atoms with van der Waals surface area (Å²) in [4.78, 5) is 21.4. The fraction of sp³-hybridized carbons (Fsp3) is 0.444. The molecule has 2 aromatic rings. The van der Waals surface area contributed by atoms with Crippen molar-refractivity contribution >= 4 is 28.1 Å². The molecule has 2 aliphatic rings. The Balaban J connectivity index is 1.37. The van der Waals surface area contributed by atoms with Gasteiger partial charge in [-0.3, -0.25) is 4.79 Å². The highest BCUT2D eigenvalue weighted by atomic mass is 32.1. The van der Waals surface area contributed by atoms with Crippen molar-refractivity contribution in [2.75, 3.05) is 36.4 Å². The maximum absolute atomic E-state index is 12.6. The number of rotatable bonds is 4. The zero-order chi connectivity index (χ0) is 16.5. The summed E-state index contributed by atoms with van der Waals surface area (Å²) in [5.74, 6) is 0.0551. The Bertz CT molecular complexity index is 732. The fourth-order valence-corrected chi connectivity index (χ4v) is 3.83. The lowest BCUT2D eigenvalue weighted by molar-refractivity contribution is 0.0742. The molecular weight excluding hydrogens is 320 g/mol. The van der Waals surface area contributed by atoms with Crippen molar-refractivity contribution in [3.05, 3.63) is 40.9 Å². The topological polar surface area (TPSA) is 48.5 Å². The molecule has 4 rings (SSSR count). The number of benzene rings is 1. The minimum Gasteiger partial charge on any atom is -0.368 e. The van der Waals surface area contributed by atoms with Gasteiger partial charge in [-0.25, -0.2) is 4.98 Å². The Morgan fingerprint density at radius 3 is 2.67 bits per heavy atom. The number of amides is 1. The van der Waals surface area contributed by atoms with E-state index in [2.05, 4.69) is 46.4 Å². The molecule has 1 N–H and O–H groups in total. The van der Waals surface area contributed by atoms with Crippen molar-refractivity contribution in [2.45, 2.75) is 25.8 Å². The molecule has 0 bridgehead atoms. The summed E-state index contributed by atoms with van der Waals surface area (Å²) >= 11 is 1.53. The molecule has 6 heteroatoms. The molecule has 24 heavy (non-hydrogen) atoms. The van der Waals surface area contributed by atoms with Crippen LogP contribution in [-0.2, 0) is 0 Å². The van der Waals surface area contributed by atoms with Gasteiger partial charge in [-0.1, -0.05) is 18.2 Å². The van der Waals surface area contributed by atoms with Crippen molar-refractivity contribution in [3.8, 4) is 0 Å². The molecule has 1 aromatic carbocycles. The van der Waals surface area contributed by atoms with Crippen molar-refractivity contribution in [3.63, 3.8) is 0 Å². The van der Waals surface area contributed by atoms with Gasteiger partial charge in [0.05, 0.1) is 0 Å². The third-order valence-electron chi connectivity index (χ3n) is 4.65. The quantitative estimate of drug-likeness (QED) is 0.928. The van der Waals surface area contributed by atoms with Crippen LogP contribution in [0.4, 0.5) is 10.8 Å². The number of aromatic nitrogens is 1. The van der Waals surface area contributed by atoms with Gasteiger partial charge < -0.3 is 15.1 Å². The van der Waals surface area contributed by atoms with E-state index in [0.29, 0.717) is 11.7 Å².